The second-order valence-electron chi connectivity index (χ2n) is 6.46. The zero-order valence-electron chi connectivity index (χ0n) is 16.4. The molecule has 28 heavy (non-hydrogen) atoms. The minimum Gasteiger partial charge on any atom is -0.494 e. The third-order valence-corrected chi connectivity index (χ3v) is 6.07. The lowest BCUT2D eigenvalue weighted by Crippen LogP contribution is -2.39. The summed E-state index contributed by atoms with van der Waals surface area (Å²) in [6.45, 7) is 5.51. The largest absolute Gasteiger partial charge is 0.494 e. The quantitative estimate of drug-likeness (QED) is 0.729. The number of amides is 1. The molecule has 0 aromatic heterocycles. The van der Waals surface area contributed by atoms with Gasteiger partial charge in [-0.05, 0) is 62.2 Å². The van der Waals surface area contributed by atoms with Gasteiger partial charge in [0.25, 0.3) is 0 Å². The lowest BCUT2D eigenvalue weighted by atomic mass is 10.1. The van der Waals surface area contributed by atoms with E-state index in [1.807, 2.05) is 6.92 Å². The van der Waals surface area contributed by atoms with Crippen molar-refractivity contribution in [2.45, 2.75) is 31.7 Å². The van der Waals surface area contributed by atoms with E-state index in [-0.39, 0.29) is 23.3 Å². The Bertz CT molecular complexity index is 930. The van der Waals surface area contributed by atoms with Crippen LogP contribution in [0, 0.1) is 12.7 Å². The Morgan fingerprint density at radius 1 is 1.21 bits per heavy atom. The zero-order chi connectivity index (χ0) is 20.9. The fourth-order valence-electron chi connectivity index (χ4n) is 2.69. The molecule has 2 rings (SSSR count). The van der Waals surface area contributed by atoms with E-state index in [0.717, 1.165) is 9.87 Å². The van der Waals surface area contributed by atoms with Gasteiger partial charge >= 0.3 is 0 Å². The summed E-state index contributed by atoms with van der Waals surface area (Å²) in [5, 5.41) is 2.72. The molecule has 1 atom stereocenters. The lowest BCUT2D eigenvalue weighted by Gasteiger charge is -2.20. The molecule has 0 saturated heterocycles. The van der Waals surface area contributed by atoms with Gasteiger partial charge in [-0.2, -0.15) is 4.31 Å². The van der Waals surface area contributed by atoms with Crippen LogP contribution in [0.3, 0.4) is 0 Å². The van der Waals surface area contributed by atoms with E-state index in [1.165, 1.54) is 31.3 Å². The highest BCUT2D eigenvalue weighted by Crippen LogP contribution is 2.23. The second kappa shape index (κ2) is 9.16. The Morgan fingerprint density at radius 2 is 1.86 bits per heavy atom. The summed E-state index contributed by atoms with van der Waals surface area (Å²) >= 11 is 0. The Balaban J connectivity index is 2.05. The molecule has 0 aliphatic heterocycles. The molecule has 0 fully saturated rings. The van der Waals surface area contributed by atoms with Crippen LogP contribution in [0.5, 0.6) is 5.75 Å². The van der Waals surface area contributed by atoms with Crippen molar-refractivity contribution in [1.82, 2.24) is 9.62 Å². The van der Waals surface area contributed by atoms with Gasteiger partial charge in [0.15, 0.2) is 0 Å². The number of benzene rings is 2. The molecule has 8 heteroatoms. The van der Waals surface area contributed by atoms with Gasteiger partial charge in [-0.15, -0.1) is 0 Å². The SMILES string of the molecule is CCOc1ccc(S(=O)(=O)N(C)CC(=O)N[C@H](C)c2ccc(F)cc2)cc1C. The summed E-state index contributed by atoms with van der Waals surface area (Å²) in [6.07, 6.45) is 0. The molecule has 2 aromatic carbocycles. The fraction of sp³-hybridized carbons (Fsp3) is 0.350. The molecule has 1 amide bonds. The van der Waals surface area contributed by atoms with Crippen molar-refractivity contribution in [2.75, 3.05) is 20.2 Å². The number of nitrogens with zero attached hydrogens (tertiary/aromatic N) is 1. The normalized spacial score (nSPS) is 12.6. The number of carbonyl (C=O) groups excluding carboxylic acids is 1. The molecule has 6 nitrogen and oxygen atoms in total. The molecule has 0 aliphatic carbocycles. The van der Waals surface area contributed by atoms with Crippen LogP contribution in [0.15, 0.2) is 47.4 Å². The average molecular weight is 408 g/mol. The highest BCUT2D eigenvalue weighted by atomic mass is 32.2. The van der Waals surface area contributed by atoms with Crippen molar-refractivity contribution >= 4 is 15.9 Å². The Kier molecular flexibility index (Phi) is 7.15. The van der Waals surface area contributed by atoms with Crippen LogP contribution in [0.2, 0.25) is 0 Å². The molecule has 1 N–H and O–H groups in total. The molecule has 0 radical (unpaired) electrons. The van der Waals surface area contributed by atoms with E-state index < -0.39 is 15.9 Å². The molecule has 2 aromatic rings. The van der Waals surface area contributed by atoms with E-state index >= 15 is 0 Å². The number of rotatable bonds is 8. The standard InChI is InChI=1S/C20H25FN2O4S/c1-5-27-19-11-10-18(12-14(19)2)28(25,26)23(4)13-20(24)22-15(3)16-6-8-17(21)9-7-16/h6-12,15H,5,13H2,1-4H3,(H,22,24)/t15-/m1/s1. The van der Waals surface area contributed by atoms with E-state index in [9.17, 15) is 17.6 Å². The third kappa shape index (κ3) is 5.30. The first kappa shape index (κ1) is 21.8. The minimum atomic E-state index is -3.83. The molecule has 0 spiro atoms. The number of sulfonamides is 1. The zero-order valence-corrected chi connectivity index (χ0v) is 17.2. The Morgan fingerprint density at radius 3 is 2.43 bits per heavy atom. The van der Waals surface area contributed by atoms with Crippen LogP contribution < -0.4 is 10.1 Å². The first-order chi connectivity index (χ1) is 13.1. The van der Waals surface area contributed by atoms with E-state index in [4.69, 9.17) is 4.74 Å². The number of hydrogen-bond acceptors (Lipinski definition) is 4. The number of nitrogens with one attached hydrogen (secondary N) is 1. The maximum absolute atomic E-state index is 13.0. The number of hydrogen-bond donors (Lipinski definition) is 1. The predicted octanol–water partition coefficient (Wildman–Crippen LogP) is 3.03. The van der Waals surface area contributed by atoms with Gasteiger partial charge in [0.05, 0.1) is 24.1 Å². The van der Waals surface area contributed by atoms with Crippen molar-refractivity contribution in [2.24, 2.45) is 0 Å². The predicted molar refractivity (Wildman–Crippen MR) is 105 cm³/mol. The molecular formula is C20H25FN2O4S. The number of likely N-dealkylation sites (N-methyl/N-ethyl adjacent to an activating group) is 1. The topological polar surface area (TPSA) is 75.7 Å². The Labute approximate surface area is 165 Å². The maximum atomic E-state index is 13.0. The van der Waals surface area contributed by atoms with Crippen molar-refractivity contribution in [3.63, 3.8) is 0 Å². The maximum Gasteiger partial charge on any atom is 0.243 e. The van der Waals surface area contributed by atoms with Crippen LogP contribution in [-0.2, 0) is 14.8 Å². The average Bonchev–Trinajstić information content (AvgIpc) is 2.63. The number of aryl methyl sites for hydroxylation is 1. The van der Waals surface area contributed by atoms with Crippen molar-refractivity contribution in [3.05, 3.63) is 59.4 Å². The van der Waals surface area contributed by atoms with Crippen LogP contribution in [0.1, 0.15) is 31.0 Å². The summed E-state index contributed by atoms with van der Waals surface area (Å²) < 4.78 is 44.9. The molecule has 0 heterocycles. The van der Waals surface area contributed by atoms with Crippen molar-refractivity contribution in [1.29, 1.82) is 0 Å². The van der Waals surface area contributed by atoms with E-state index in [1.54, 1.807) is 32.0 Å². The molecule has 0 unspecified atom stereocenters. The minimum absolute atomic E-state index is 0.0929. The molecule has 0 saturated carbocycles. The molecular weight excluding hydrogens is 383 g/mol. The van der Waals surface area contributed by atoms with Crippen LogP contribution >= 0.6 is 0 Å². The van der Waals surface area contributed by atoms with Crippen LogP contribution in [0.4, 0.5) is 4.39 Å². The van der Waals surface area contributed by atoms with Crippen LogP contribution in [0.25, 0.3) is 0 Å². The summed E-state index contributed by atoms with van der Waals surface area (Å²) in [4.78, 5) is 12.4. The van der Waals surface area contributed by atoms with Gasteiger partial charge in [0, 0.05) is 7.05 Å². The third-order valence-electron chi connectivity index (χ3n) is 4.27. The van der Waals surface area contributed by atoms with Gasteiger partial charge in [-0.3, -0.25) is 4.79 Å². The highest BCUT2D eigenvalue weighted by molar-refractivity contribution is 7.89. The van der Waals surface area contributed by atoms with Gasteiger partial charge in [0.1, 0.15) is 11.6 Å². The summed E-state index contributed by atoms with van der Waals surface area (Å²) in [6, 6.07) is 9.98. The Hall–Kier alpha value is -2.45. The summed E-state index contributed by atoms with van der Waals surface area (Å²) in [5.41, 5.74) is 1.42. The lowest BCUT2D eigenvalue weighted by molar-refractivity contribution is -0.121. The summed E-state index contributed by atoms with van der Waals surface area (Å²) in [7, 11) is -2.48. The molecule has 0 bridgehead atoms. The smallest absolute Gasteiger partial charge is 0.243 e. The highest BCUT2D eigenvalue weighted by Gasteiger charge is 2.24. The van der Waals surface area contributed by atoms with Gasteiger partial charge in [-0.1, -0.05) is 12.1 Å². The molecule has 152 valence electrons. The second-order valence-corrected chi connectivity index (χ2v) is 8.51. The van der Waals surface area contributed by atoms with Gasteiger partial charge < -0.3 is 10.1 Å². The fourth-order valence-corrected chi connectivity index (χ4v) is 3.90. The van der Waals surface area contributed by atoms with E-state index in [0.29, 0.717) is 17.9 Å². The molecule has 0 aliphatic rings. The monoisotopic (exact) mass is 408 g/mol. The van der Waals surface area contributed by atoms with Gasteiger partial charge in [-0.25, -0.2) is 12.8 Å². The van der Waals surface area contributed by atoms with Crippen LogP contribution in [-0.4, -0.2) is 38.8 Å². The first-order valence-corrected chi connectivity index (χ1v) is 10.3. The number of halogens is 1. The number of carbonyl (C=O) groups is 1. The van der Waals surface area contributed by atoms with Crippen molar-refractivity contribution in [3.8, 4) is 5.75 Å². The first-order valence-electron chi connectivity index (χ1n) is 8.89. The van der Waals surface area contributed by atoms with E-state index in [2.05, 4.69) is 5.32 Å². The van der Waals surface area contributed by atoms with Crippen molar-refractivity contribution < 1.29 is 22.3 Å². The van der Waals surface area contributed by atoms with Gasteiger partial charge in [0.2, 0.25) is 15.9 Å². The number of ether oxygens (including phenoxy) is 1. The summed E-state index contributed by atoms with van der Waals surface area (Å²) in [5.74, 6) is -0.195.